The molecule has 1 aliphatic rings. The summed E-state index contributed by atoms with van der Waals surface area (Å²) in [5.41, 5.74) is 2.52. The molecule has 1 saturated heterocycles. The van der Waals surface area contributed by atoms with Gasteiger partial charge in [0.05, 0.1) is 23.7 Å². The van der Waals surface area contributed by atoms with Gasteiger partial charge in [-0.25, -0.2) is 0 Å². The SMILES string of the molecule is Cc1c(C(=O)Nc2sc(-c3ccccc3)c(C)c2C(=O)N2CCOCC2)cccc1[N+](=O)[O-]. The Morgan fingerprint density at radius 2 is 1.73 bits per heavy atom. The number of hydrogen-bond donors (Lipinski definition) is 1. The fourth-order valence-electron chi connectivity index (χ4n) is 3.89. The molecule has 9 heteroatoms. The third kappa shape index (κ3) is 4.50. The maximum atomic E-state index is 13.5. The minimum Gasteiger partial charge on any atom is -0.378 e. The van der Waals surface area contributed by atoms with Crippen LogP contribution in [0.2, 0.25) is 0 Å². The Morgan fingerprint density at radius 3 is 2.39 bits per heavy atom. The molecular formula is C24H23N3O5S. The number of benzene rings is 2. The molecule has 4 rings (SSSR count). The lowest BCUT2D eigenvalue weighted by atomic mass is 10.0. The van der Waals surface area contributed by atoms with Crippen molar-refractivity contribution < 1.29 is 19.2 Å². The highest BCUT2D eigenvalue weighted by atomic mass is 32.1. The zero-order chi connectivity index (χ0) is 23.5. The standard InChI is InChI=1S/C24H23N3O5S/c1-15-18(9-6-10-19(15)27(30)31)22(28)25-23-20(24(29)26-11-13-32-14-12-26)16(2)21(33-23)17-7-4-3-5-8-17/h3-10H,11-14H2,1-2H3,(H,25,28). The van der Waals surface area contributed by atoms with Crippen LogP contribution in [0, 0.1) is 24.0 Å². The Kier molecular flexibility index (Phi) is 6.52. The Labute approximate surface area is 194 Å². The number of rotatable bonds is 5. The van der Waals surface area contributed by atoms with Crippen molar-refractivity contribution in [3.63, 3.8) is 0 Å². The molecule has 1 fully saturated rings. The van der Waals surface area contributed by atoms with E-state index in [2.05, 4.69) is 5.32 Å². The van der Waals surface area contributed by atoms with Crippen molar-refractivity contribution in [1.82, 2.24) is 4.90 Å². The lowest BCUT2D eigenvalue weighted by molar-refractivity contribution is -0.385. The highest BCUT2D eigenvalue weighted by Crippen LogP contribution is 2.41. The molecule has 170 valence electrons. The number of nitrogens with zero attached hydrogens (tertiary/aromatic N) is 2. The van der Waals surface area contributed by atoms with Gasteiger partial charge >= 0.3 is 0 Å². The van der Waals surface area contributed by atoms with Gasteiger partial charge in [0.1, 0.15) is 5.00 Å². The summed E-state index contributed by atoms with van der Waals surface area (Å²) in [6.07, 6.45) is 0. The summed E-state index contributed by atoms with van der Waals surface area (Å²) < 4.78 is 5.37. The van der Waals surface area contributed by atoms with Crippen molar-refractivity contribution in [2.75, 3.05) is 31.6 Å². The van der Waals surface area contributed by atoms with E-state index in [4.69, 9.17) is 4.74 Å². The monoisotopic (exact) mass is 465 g/mol. The number of carbonyl (C=O) groups excluding carboxylic acids is 2. The first-order valence-corrected chi connectivity index (χ1v) is 11.3. The Balaban J connectivity index is 1.75. The molecular weight excluding hydrogens is 442 g/mol. The molecule has 1 aliphatic heterocycles. The predicted molar refractivity (Wildman–Crippen MR) is 127 cm³/mol. The molecule has 0 radical (unpaired) electrons. The van der Waals surface area contributed by atoms with Gasteiger partial charge in [0.25, 0.3) is 17.5 Å². The summed E-state index contributed by atoms with van der Waals surface area (Å²) in [6.45, 7) is 5.31. The number of amides is 2. The molecule has 0 atom stereocenters. The lowest BCUT2D eigenvalue weighted by Crippen LogP contribution is -2.41. The van der Waals surface area contributed by atoms with E-state index in [9.17, 15) is 19.7 Å². The van der Waals surface area contributed by atoms with E-state index in [1.807, 2.05) is 37.3 Å². The van der Waals surface area contributed by atoms with Crippen LogP contribution in [0.3, 0.4) is 0 Å². The molecule has 0 unspecified atom stereocenters. The number of nitrogens with one attached hydrogen (secondary N) is 1. The molecule has 3 aromatic rings. The number of nitro groups is 1. The van der Waals surface area contributed by atoms with Crippen molar-refractivity contribution in [3.05, 3.63) is 80.9 Å². The van der Waals surface area contributed by atoms with Gasteiger partial charge in [0, 0.05) is 35.2 Å². The minimum atomic E-state index is -0.512. The summed E-state index contributed by atoms with van der Waals surface area (Å²) in [4.78, 5) is 40.0. The summed E-state index contributed by atoms with van der Waals surface area (Å²) in [5.74, 6) is -0.659. The minimum absolute atomic E-state index is 0.125. The van der Waals surface area contributed by atoms with Crippen LogP contribution in [-0.4, -0.2) is 47.9 Å². The maximum absolute atomic E-state index is 13.5. The average molecular weight is 466 g/mol. The van der Waals surface area contributed by atoms with Crippen LogP contribution in [-0.2, 0) is 4.74 Å². The highest BCUT2D eigenvalue weighted by molar-refractivity contribution is 7.20. The predicted octanol–water partition coefficient (Wildman–Crippen LogP) is 4.66. The van der Waals surface area contributed by atoms with E-state index >= 15 is 0 Å². The van der Waals surface area contributed by atoms with Crippen molar-refractivity contribution in [2.45, 2.75) is 13.8 Å². The molecule has 0 aliphatic carbocycles. The third-order valence-corrected chi connectivity index (χ3v) is 6.92. The van der Waals surface area contributed by atoms with E-state index in [0.717, 1.165) is 16.0 Å². The topological polar surface area (TPSA) is 102 Å². The number of thiophene rings is 1. The second kappa shape index (κ2) is 9.51. The molecule has 0 bridgehead atoms. The van der Waals surface area contributed by atoms with Gasteiger partial charge in [0.2, 0.25) is 0 Å². The van der Waals surface area contributed by atoms with Gasteiger partial charge in [-0.15, -0.1) is 11.3 Å². The smallest absolute Gasteiger partial charge is 0.273 e. The molecule has 2 amide bonds. The quantitative estimate of drug-likeness (QED) is 0.436. The first kappa shape index (κ1) is 22.6. The van der Waals surface area contributed by atoms with Crippen LogP contribution < -0.4 is 5.32 Å². The van der Waals surface area contributed by atoms with Gasteiger partial charge < -0.3 is 15.0 Å². The van der Waals surface area contributed by atoms with E-state index in [1.54, 1.807) is 17.9 Å². The fourth-order valence-corrected chi connectivity index (χ4v) is 5.09. The van der Waals surface area contributed by atoms with Crippen molar-refractivity contribution in [2.24, 2.45) is 0 Å². The molecule has 1 N–H and O–H groups in total. The molecule has 0 saturated carbocycles. The Morgan fingerprint density at radius 1 is 1.03 bits per heavy atom. The van der Waals surface area contributed by atoms with E-state index in [1.165, 1.54) is 23.5 Å². The number of morpholine rings is 1. The zero-order valence-corrected chi connectivity index (χ0v) is 19.1. The van der Waals surface area contributed by atoms with Crippen LogP contribution in [0.1, 0.15) is 31.8 Å². The van der Waals surface area contributed by atoms with Crippen LogP contribution >= 0.6 is 11.3 Å². The fraction of sp³-hybridized carbons (Fsp3) is 0.250. The molecule has 0 spiro atoms. The van der Waals surface area contributed by atoms with Crippen LogP contribution in [0.4, 0.5) is 10.7 Å². The molecule has 2 heterocycles. The highest BCUT2D eigenvalue weighted by Gasteiger charge is 2.28. The van der Waals surface area contributed by atoms with E-state index in [0.29, 0.717) is 36.9 Å². The van der Waals surface area contributed by atoms with E-state index < -0.39 is 10.8 Å². The van der Waals surface area contributed by atoms with Crippen molar-refractivity contribution in [1.29, 1.82) is 0 Å². The van der Waals surface area contributed by atoms with Crippen LogP contribution in [0.25, 0.3) is 10.4 Å². The Bertz CT molecular complexity index is 1220. The average Bonchev–Trinajstić information content (AvgIpc) is 3.15. The number of hydrogen-bond acceptors (Lipinski definition) is 6. The second-order valence-electron chi connectivity index (χ2n) is 7.69. The summed E-state index contributed by atoms with van der Waals surface area (Å²) in [7, 11) is 0. The number of ether oxygens (including phenoxy) is 1. The van der Waals surface area contributed by atoms with Gasteiger partial charge in [-0.05, 0) is 31.0 Å². The van der Waals surface area contributed by atoms with Crippen molar-refractivity contribution >= 4 is 33.8 Å². The number of nitro benzene ring substituents is 1. The largest absolute Gasteiger partial charge is 0.378 e. The second-order valence-corrected chi connectivity index (χ2v) is 8.71. The zero-order valence-electron chi connectivity index (χ0n) is 18.3. The molecule has 2 aromatic carbocycles. The summed E-state index contributed by atoms with van der Waals surface area (Å²) in [5, 5.41) is 14.6. The Hall–Kier alpha value is -3.56. The van der Waals surface area contributed by atoms with Crippen molar-refractivity contribution in [3.8, 4) is 10.4 Å². The number of anilines is 1. The molecule has 8 nitrogen and oxygen atoms in total. The van der Waals surface area contributed by atoms with Gasteiger partial charge in [0.15, 0.2) is 0 Å². The summed E-state index contributed by atoms with van der Waals surface area (Å²) in [6, 6.07) is 14.1. The van der Waals surface area contributed by atoms with Crippen LogP contribution in [0.5, 0.6) is 0 Å². The van der Waals surface area contributed by atoms with Gasteiger partial charge in [-0.3, -0.25) is 19.7 Å². The summed E-state index contributed by atoms with van der Waals surface area (Å²) >= 11 is 1.33. The lowest BCUT2D eigenvalue weighted by Gasteiger charge is -2.27. The first-order chi connectivity index (χ1) is 15.9. The number of carbonyl (C=O) groups is 2. The first-order valence-electron chi connectivity index (χ1n) is 10.5. The van der Waals surface area contributed by atoms with Gasteiger partial charge in [-0.1, -0.05) is 36.4 Å². The molecule has 1 aromatic heterocycles. The normalized spacial score (nSPS) is 13.6. The van der Waals surface area contributed by atoms with E-state index in [-0.39, 0.29) is 22.7 Å². The van der Waals surface area contributed by atoms with Crippen LogP contribution in [0.15, 0.2) is 48.5 Å². The molecule has 33 heavy (non-hydrogen) atoms. The maximum Gasteiger partial charge on any atom is 0.273 e. The third-order valence-electron chi connectivity index (χ3n) is 5.67. The van der Waals surface area contributed by atoms with Gasteiger partial charge in [-0.2, -0.15) is 0 Å².